The van der Waals surface area contributed by atoms with Gasteiger partial charge in [0.2, 0.25) is 0 Å². The lowest BCUT2D eigenvalue weighted by Gasteiger charge is -2.53. The van der Waals surface area contributed by atoms with Crippen LogP contribution in [0.4, 0.5) is 0 Å². The van der Waals surface area contributed by atoms with Gasteiger partial charge >= 0.3 is 11.9 Å². The summed E-state index contributed by atoms with van der Waals surface area (Å²) in [7, 11) is 0. The maximum atomic E-state index is 13.2. The Hall–Kier alpha value is -2.29. The van der Waals surface area contributed by atoms with Crippen molar-refractivity contribution in [3.63, 3.8) is 0 Å². The normalized spacial score (nSPS) is 42.1. The molecule has 8 heteroatoms. The number of allylic oxidation sites excluding steroid dienone is 1. The second-order valence-corrected chi connectivity index (χ2v) is 12.3. The molecule has 0 aromatic heterocycles. The molecule has 0 saturated heterocycles. The van der Waals surface area contributed by atoms with Crippen LogP contribution < -0.4 is 0 Å². The third-order valence-corrected chi connectivity index (χ3v) is 9.69. The van der Waals surface area contributed by atoms with Gasteiger partial charge in [-0.15, -0.1) is 0 Å². The minimum atomic E-state index is -1.95. The van der Waals surface area contributed by atoms with Crippen LogP contribution in [-0.2, 0) is 23.9 Å². The standard InChI is InChI=1S/C29H40O8/c1-9-15(4)25(33)36-23-17(6)28(35)19(21-26(7,8)29(21,23)37-24(32)14(2)3)11-18(13-30)12-27(34)20(28)10-16(5)22(27)31/h9-11,14,17,19-21,23,30,34-35H,12-13H2,1-8H3/b15-9+/t17-,19-,20-,21-,23-,27-,28-,29+/m0/s1. The van der Waals surface area contributed by atoms with Gasteiger partial charge in [-0.3, -0.25) is 9.59 Å². The largest absolute Gasteiger partial charge is 0.454 e. The zero-order valence-electron chi connectivity index (χ0n) is 23.0. The molecule has 0 radical (unpaired) electrons. The number of fused-ring (bicyclic) bond motifs is 5. The molecule has 8 nitrogen and oxygen atoms in total. The summed E-state index contributed by atoms with van der Waals surface area (Å²) in [5, 5.41) is 34.6. The first-order valence-electron chi connectivity index (χ1n) is 13.1. The fourth-order valence-electron chi connectivity index (χ4n) is 7.43. The molecule has 8 atom stereocenters. The molecule has 0 spiro atoms. The van der Waals surface area contributed by atoms with Crippen LogP contribution in [-0.4, -0.2) is 62.6 Å². The Morgan fingerprint density at radius 3 is 2.38 bits per heavy atom. The molecule has 4 aliphatic carbocycles. The van der Waals surface area contributed by atoms with E-state index in [0.717, 1.165) is 0 Å². The van der Waals surface area contributed by atoms with E-state index in [-0.39, 0.29) is 6.42 Å². The summed E-state index contributed by atoms with van der Waals surface area (Å²) in [6.07, 6.45) is 3.81. The summed E-state index contributed by atoms with van der Waals surface area (Å²) in [6, 6.07) is 0. The first-order valence-corrected chi connectivity index (χ1v) is 13.1. The first kappa shape index (κ1) is 27.7. The number of carbonyl (C=O) groups is 3. The molecule has 3 N–H and O–H groups in total. The molecule has 0 aromatic rings. The summed E-state index contributed by atoms with van der Waals surface area (Å²) in [5.74, 6) is -5.00. The zero-order chi connectivity index (χ0) is 27.9. The number of carbonyl (C=O) groups excluding carboxylic acids is 3. The van der Waals surface area contributed by atoms with Crippen molar-refractivity contribution in [2.45, 2.75) is 84.7 Å². The van der Waals surface area contributed by atoms with E-state index in [9.17, 15) is 29.7 Å². The molecule has 2 fully saturated rings. The number of aliphatic hydroxyl groups excluding tert-OH is 1. The van der Waals surface area contributed by atoms with E-state index in [0.29, 0.717) is 16.7 Å². The molecule has 0 aliphatic heterocycles. The van der Waals surface area contributed by atoms with Crippen LogP contribution in [0.2, 0.25) is 0 Å². The predicted molar refractivity (Wildman–Crippen MR) is 135 cm³/mol. The van der Waals surface area contributed by atoms with Crippen LogP contribution in [0.1, 0.15) is 61.8 Å². The second-order valence-electron chi connectivity index (χ2n) is 12.3. The van der Waals surface area contributed by atoms with Gasteiger partial charge in [0.25, 0.3) is 0 Å². The number of hydrogen-bond donors (Lipinski definition) is 3. The highest BCUT2D eigenvalue weighted by Crippen LogP contribution is 2.77. The topological polar surface area (TPSA) is 130 Å². The lowest BCUT2D eigenvalue weighted by atomic mass is 9.59. The third-order valence-electron chi connectivity index (χ3n) is 9.69. The van der Waals surface area contributed by atoms with Gasteiger partial charge in [-0.2, -0.15) is 0 Å². The van der Waals surface area contributed by atoms with Gasteiger partial charge < -0.3 is 24.8 Å². The quantitative estimate of drug-likeness (QED) is 0.289. The minimum absolute atomic E-state index is 0.125. The fourth-order valence-corrected chi connectivity index (χ4v) is 7.43. The lowest BCUT2D eigenvalue weighted by molar-refractivity contribution is -0.228. The Balaban J connectivity index is 1.96. The van der Waals surface area contributed by atoms with Gasteiger partial charge in [0, 0.05) is 41.1 Å². The van der Waals surface area contributed by atoms with E-state index >= 15 is 0 Å². The van der Waals surface area contributed by atoms with Gasteiger partial charge in [-0.05, 0) is 31.9 Å². The highest BCUT2D eigenvalue weighted by molar-refractivity contribution is 6.04. The van der Waals surface area contributed by atoms with Crippen LogP contribution in [0.25, 0.3) is 0 Å². The summed E-state index contributed by atoms with van der Waals surface area (Å²) in [5.41, 5.74) is -4.51. The van der Waals surface area contributed by atoms with Crippen molar-refractivity contribution in [2.75, 3.05) is 6.61 Å². The fraction of sp³-hybridized carbons (Fsp3) is 0.690. The number of Topliss-reactive ketones (excluding diaryl/α,β-unsaturated/α-hetero) is 1. The average molecular weight is 517 g/mol. The van der Waals surface area contributed by atoms with Crippen LogP contribution in [0.5, 0.6) is 0 Å². The Morgan fingerprint density at radius 2 is 1.84 bits per heavy atom. The van der Waals surface area contributed by atoms with E-state index in [2.05, 4.69) is 0 Å². The molecule has 37 heavy (non-hydrogen) atoms. The van der Waals surface area contributed by atoms with Crippen molar-refractivity contribution in [2.24, 2.45) is 35.0 Å². The van der Waals surface area contributed by atoms with Crippen LogP contribution in [0.3, 0.4) is 0 Å². The predicted octanol–water partition coefficient (Wildman–Crippen LogP) is 2.65. The summed E-state index contributed by atoms with van der Waals surface area (Å²) in [6.45, 7) is 13.5. The van der Waals surface area contributed by atoms with E-state index in [1.165, 1.54) is 0 Å². The molecular weight excluding hydrogens is 476 g/mol. The molecule has 0 amide bonds. The third kappa shape index (κ3) is 3.48. The summed E-state index contributed by atoms with van der Waals surface area (Å²) in [4.78, 5) is 39.3. The number of ketones is 1. The first-order chi connectivity index (χ1) is 17.0. The minimum Gasteiger partial charge on any atom is -0.454 e. The number of ether oxygens (including phenoxy) is 2. The highest BCUT2D eigenvalue weighted by atomic mass is 16.6. The average Bonchev–Trinajstić information content (AvgIpc) is 3.26. The smallest absolute Gasteiger partial charge is 0.333 e. The van der Waals surface area contributed by atoms with Gasteiger partial charge in [-0.1, -0.05) is 52.8 Å². The lowest BCUT2D eigenvalue weighted by Crippen LogP contribution is -2.66. The van der Waals surface area contributed by atoms with E-state index in [1.54, 1.807) is 59.8 Å². The van der Waals surface area contributed by atoms with Crippen LogP contribution in [0, 0.1) is 35.0 Å². The monoisotopic (exact) mass is 516 g/mol. The molecule has 2 saturated carbocycles. The van der Waals surface area contributed by atoms with Gasteiger partial charge in [0.1, 0.15) is 11.7 Å². The zero-order valence-corrected chi connectivity index (χ0v) is 23.0. The Bertz CT molecular complexity index is 1130. The van der Waals surface area contributed by atoms with E-state index in [4.69, 9.17) is 9.47 Å². The SMILES string of the molecule is C/C=C(\C)C(=O)O[C@H]1[C@H](C)[C@@]2(O)[C@H]3C=C(C)C(=O)[C@]3(O)CC(CO)=C[C@H]2[C@H]2C(C)(C)[C@]12OC(=O)C(C)C. The van der Waals surface area contributed by atoms with Crippen molar-refractivity contribution in [1.29, 1.82) is 0 Å². The number of aliphatic hydroxyl groups is 3. The van der Waals surface area contributed by atoms with E-state index in [1.807, 2.05) is 13.8 Å². The molecule has 0 unspecified atom stereocenters. The van der Waals surface area contributed by atoms with Crippen molar-refractivity contribution in [3.05, 3.63) is 34.9 Å². The highest BCUT2D eigenvalue weighted by Gasteiger charge is 2.88. The molecular formula is C29H40O8. The number of esters is 2. The molecule has 4 aliphatic rings. The van der Waals surface area contributed by atoms with Crippen molar-refractivity contribution >= 4 is 17.7 Å². The van der Waals surface area contributed by atoms with E-state index < -0.39 is 82.2 Å². The molecule has 0 aromatic carbocycles. The second kappa shape index (κ2) is 8.61. The van der Waals surface area contributed by atoms with Gasteiger partial charge in [0.15, 0.2) is 11.4 Å². The Kier molecular flexibility index (Phi) is 6.46. The summed E-state index contributed by atoms with van der Waals surface area (Å²) < 4.78 is 12.3. The molecule has 0 bridgehead atoms. The van der Waals surface area contributed by atoms with Crippen LogP contribution >= 0.6 is 0 Å². The maximum Gasteiger partial charge on any atom is 0.333 e. The Labute approximate surface area is 218 Å². The summed E-state index contributed by atoms with van der Waals surface area (Å²) >= 11 is 0. The maximum absolute atomic E-state index is 13.2. The van der Waals surface area contributed by atoms with Crippen molar-refractivity contribution in [3.8, 4) is 0 Å². The van der Waals surface area contributed by atoms with Crippen molar-refractivity contribution in [1.82, 2.24) is 0 Å². The number of hydrogen-bond acceptors (Lipinski definition) is 8. The van der Waals surface area contributed by atoms with Crippen molar-refractivity contribution < 1.29 is 39.2 Å². The van der Waals surface area contributed by atoms with Gasteiger partial charge in [0.05, 0.1) is 18.1 Å². The van der Waals surface area contributed by atoms with Crippen LogP contribution in [0.15, 0.2) is 34.9 Å². The molecule has 4 rings (SSSR count). The molecule has 0 heterocycles. The Morgan fingerprint density at radius 1 is 1.22 bits per heavy atom. The van der Waals surface area contributed by atoms with Gasteiger partial charge in [-0.25, -0.2) is 4.79 Å². The number of rotatable bonds is 5. The molecule has 204 valence electrons.